The molecule has 0 aliphatic rings. The maximum absolute atomic E-state index is 11.1. The van der Waals surface area contributed by atoms with Crippen molar-refractivity contribution in [3.8, 4) is 0 Å². The molecule has 0 radical (unpaired) electrons. The Morgan fingerprint density at radius 1 is 0.565 bits per heavy atom. The summed E-state index contributed by atoms with van der Waals surface area (Å²) in [6, 6.07) is 0. The standard InChI is InChI=1S/C20H42NO2/c1-3-5-6-7-8-9-10-11-12-13-14-15-16-17-18-19-20-21(22)23-4-2/h3-20H2,1-2H3/q-1. The van der Waals surface area contributed by atoms with Crippen LogP contribution < -0.4 is 0 Å². The van der Waals surface area contributed by atoms with Crippen LogP contribution in [0.5, 0.6) is 0 Å². The molecule has 0 rings (SSSR count). The summed E-state index contributed by atoms with van der Waals surface area (Å²) >= 11 is 0. The van der Waals surface area contributed by atoms with Crippen molar-refractivity contribution in [2.75, 3.05) is 13.2 Å². The van der Waals surface area contributed by atoms with Gasteiger partial charge >= 0.3 is 0 Å². The fourth-order valence-corrected chi connectivity index (χ4v) is 3.00. The SMILES string of the molecule is CCCCCCCCCCCCCCCCCCN([O-])OCC. The molecule has 140 valence electrons. The Morgan fingerprint density at radius 2 is 0.913 bits per heavy atom. The molecule has 0 bridgehead atoms. The van der Waals surface area contributed by atoms with E-state index in [-0.39, 0.29) is 0 Å². The van der Waals surface area contributed by atoms with Crippen molar-refractivity contribution in [2.24, 2.45) is 0 Å². The van der Waals surface area contributed by atoms with E-state index in [1.54, 1.807) is 0 Å². The van der Waals surface area contributed by atoms with Gasteiger partial charge in [0.1, 0.15) is 0 Å². The first kappa shape index (κ1) is 22.9. The summed E-state index contributed by atoms with van der Waals surface area (Å²) in [7, 11) is 0. The van der Waals surface area contributed by atoms with E-state index >= 15 is 0 Å². The van der Waals surface area contributed by atoms with Crippen LogP contribution >= 0.6 is 0 Å². The Morgan fingerprint density at radius 3 is 1.26 bits per heavy atom. The first-order valence-electron chi connectivity index (χ1n) is 10.4. The average molecular weight is 329 g/mol. The molecule has 3 nitrogen and oxygen atoms in total. The van der Waals surface area contributed by atoms with E-state index in [0.717, 1.165) is 18.1 Å². The number of nitrogens with zero attached hydrogens (tertiary/aromatic N) is 1. The van der Waals surface area contributed by atoms with E-state index in [4.69, 9.17) is 4.84 Å². The van der Waals surface area contributed by atoms with Crippen molar-refractivity contribution in [1.29, 1.82) is 0 Å². The quantitative estimate of drug-likeness (QED) is 0.189. The van der Waals surface area contributed by atoms with Gasteiger partial charge in [0.25, 0.3) is 0 Å². The zero-order chi connectivity index (χ0) is 17.0. The van der Waals surface area contributed by atoms with Gasteiger partial charge in [0.2, 0.25) is 0 Å². The van der Waals surface area contributed by atoms with Gasteiger partial charge in [-0.25, -0.2) is 0 Å². The molecule has 0 aromatic heterocycles. The first-order valence-corrected chi connectivity index (χ1v) is 10.4. The minimum Gasteiger partial charge on any atom is -0.762 e. The Bertz CT molecular complexity index is 212. The van der Waals surface area contributed by atoms with E-state index in [2.05, 4.69) is 6.92 Å². The second-order valence-corrected chi connectivity index (χ2v) is 6.78. The first-order chi connectivity index (χ1) is 11.3. The van der Waals surface area contributed by atoms with E-state index in [9.17, 15) is 5.21 Å². The van der Waals surface area contributed by atoms with E-state index in [0.29, 0.717) is 13.2 Å². The average Bonchev–Trinajstić information content (AvgIpc) is 2.54. The third-order valence-corrected chi connectivity index (χ3v) is 4.47. The summed E-state index contributed by atoms with van der Waals surface area (Å²) in [5.74, 6) is 0. The van der Waals surface area contributed by atoms with Gasteiger partial charge in [-0.15, -0.1) is 0 Å². The van der Waals surface area contributed by atoms with Crippen LogP contribution in [0.4, 0.5) is 0 Å². The monoisotopic (exact) mass is 328 g/mol. The van der Waals surface area contributed by atoms with Crippen molar-refractivity contribution in [1.82, 2.24) is 5.23 Å². The lowest BCUT2D eigenvalue weighted by molar-refractivity contribution is -0.115. The van der Waals surface area contributed by atoms with Gasteiger partial charge in [0.05, 0.1) is 6.61 Å². The van der Waals surface area contributed by atoms with Crippen LogP contribution in [-0.4, -0.2) is 18.4 Å². The molecule has 0 aromatic carbocycles. The van der Waals surface area contributed by atoms with Crippen molar-refractivity contribution in [3.63, 3.8) is 0 Å². The molecular weight excluding hydrogens is 286 g/mol. The summed E-state index contributed by atoms with van der Waals surface area (Å²) in [5.41, 5.74) is 0. The Hall–Kier alpha value is -0.120. The van der Waals surface area contributed by atoms with E-state index in [1.807, 2.05) is 6.92 Å². The van der Waals surface area contributed by atoms with Crippen LogP contribution in [0, 0.1) is 5.21 Å². The Labute approximate surface area is 145 Å². The van der Waals surface area contributed by atoms with Crippen molar-refractivity contribution in [3.05, 3.63) is 5.21 Å². The highest BCUT2D eigenvalue weighted by Crippen LogP contribution is 2.13. The molecular formula is C20H42NO2-. The second-order valence-electron chi connectivity index (χ2n) is 6.78. The molecule has 0 heterocycles. The van der Waals surface area contributed by atoms with Crippen LogP contribution in [-0.2, 0) is 4.84 Å². The summed E-state index contributed by atoms with van der Waals surface area (Å²) in [4.78, 5) is 4.84. The molecule has 3 heteroatoms. The topological polar surface area (TPSA) is 35.5 Å². The van der Waals surface area contributed by atoms with E-state index < -0.39 is 0 Å². The normalized spacial score (nSPS) is 11.5. The highest BCUT2D eigenvalue weighted by atomic mass is 16.9. The fraction of sp³-hybridized carbons (Fsp3) is 1.00. The molecule has 0 unspecified atom stereocenters. The summed E-state index contributed by atoms with van der Waals surface area (Å²) in [6.45, 7) is 5.12. The number of hydrogen-bond donors (Lipinski definition) is 0. The molecule has 0 aliphatic carbocycles. The largest absolute Gasteiger partial charge is 0.762 e. The summed E-state index contributed by atoms with van der Waals surface area (Å²) < 4.78 is 0. The smallest absolute Gasteiger partial charge is 0.0644 e. The maximum Gasteiger partial charge on any atom is 0.0644 e. The van der Waals surface area contributed by atoms with Crippen LogP contribution in [0.3, 0.4) is 0 Å². The van der Waals surface area contributed by atoms with Gasteiger partial charge < -0.3 is 10.0 Å². The molecule has 0 fully saturated rings. The minimum atomic E-state index is 0.475. The molecule has 0 aliphatic heterocycles. The predicted octanol–water partition coefficient (Wildman–Crippen LogP) is 7.00. The molecule has 0 atom stereocenters. The van der Waals surface area contributed by atoms with Gasteiger partial charge in [-0.05, 0) is 13.3 Å². The minimum absolute atomic E-state index is 0.475. The lowest BCUT2D eigenvalue weighted by Crippen LogP contribution is -2.17. The Balaban J connectivity index is 3.00. The van der Waals surface area contributed by atoms with Crippen LogP contribution in [0.2, 0.25) is 0 Å². The van der Waals surface area contributed by atoms with Crippen molar-refractivity contribution >= 4 is 0 Å². The predicted molar refractivity (Wildman–Crippen MR) is 101 cm³/mol. The molecule has 0 saturated carbocycles. The number of rotatable bonds is 19. The molecule has 0 amide bonds. The van der Waals surface area contributed by atoms with Crippen LogP contribution in [0.25, 0.3) is 0 Å². The number of hydrogen-bond acceptors (Lipinski definition) is 3. The number of unbranched alkanes of at least 4 members (excludes halogenated alkanes) is 15. The van der Waals surface area contributed by atoms with Gasteiger partial charge in [0.15, 0.2) is 0 Å². The molecule has 0 N–H and O–H groups in total. The number of hydroxylamine groups is 2. The van der Waals surface area contributed by atoms with Gasteiger partial charge in [0, 0.05) is 6.54 Å². The van der Waals surface area contributed by atoms with Crippen molar-refractivity contribution < 1.29 is 4.84 Å². The summed E-state index contributed by atoms with van der Waals surface area (Å²) in [5, 5.41) is 11.8. The van der Waals surface area contributed by atoms with Crippen LogP contribution in [0.15, 0.2) is 0 Å². The molecule has 23 heavy (non-hydrogen) atoms. The molecule has 0 spiro atoms. The van der Waals surface area contributed by atoms with Crippen molar-refractivity contribution in [2.45, 2.75) is 117 Å². The third-order valence-electron chi connectivity index (χ3n) is 4.47. The third kappa shape index (κ3) is 19.8. The second kappa shape index (κ2) is 19.9. The zero-order valence-corrected chi connectivity index (χ0v) is 16.0. The molecule has 0 aromatic rings. The highest BCUT2D eigenvalue weighted by Gasteiger charge is 1.95. The fourth-order valence-electron chi connectivity index (χ4n) is 3.00. The molecule has 0 saturated heterocycles. The van der Waals surface area contributed by atoms with Gasteiger partial charge in [-0.1, -0.05) is 103 Å². The summed E-state index contributed by atoms with van der Waals surface area (Å²) in [6.07, 6.45) is 21.7. The highest BCUT2D eigenvalue weighted by molar-refractivity contribution is 4.51. The van der Waals surface area contributed by atoms with Gasteiger partial charge in [-0.2, -0.15) is 0 Å². The van der Waals surface area contributed by atoms with E-state index in [1.165, 1.54) is 89.9 Å². The Kier molecular flexibility index (Phi) is 19.8. The zero-order valence-electron chi connectivity index (χ0n) is 16.0. The van der Waals surface area contributed by atoms with Crippen LogP contribution in [0.1, 0.15) is 117 Å². The van der Waals surface area contributed by atoms with Gasteiger partial charge in [-0.3, -0.25) is 5.23 Å². The maximum atomic E-state index is 11.1. The lowest BCUT2D eigenvalue weighted by Gasteiger charge is -2.25. The lowest BCUT2D eigenvalue weighted by atomic mass is 10.0.